The third kappa shape index (κ3) is 23.1. The molecular weight excluding hydrogens is 383 g/mol. The SMILES string of the molecule is CCCCCCCCCCCCP(=S)(S)CCCCCCCCCCCC. The number of rotatable bonds is 22. The molecule has 0 saturated heterocycles. The molecule has 0 heterocycles. The molecule has 0 unspecified atom stereocenters. The molecule has 0 aromatic rings. The number of hydrogen-bond donors (Lipinski definition) is 1. The predicted molar refractivity (Wildman–Crippen MR) is 137 cm³/mol. The van der Waals surface area contributed by atoms with E-state index in [0.29, 0.717) is 0 Å². The fourth-order valence-electron chi connectivity index (χ4n) is 3.80. The quantitative estimate of drug-likeness (QED) is 0.100. The molecule has 0 nitrogen and oxygen atoms in total. The molecule has 0 bridgehead atoms. The van der Waals surface area contributed by atoms with E-state index in [1.807, 2.05) is 0 Å². The highest BCUT2D eigenvalue weighted by molar-refractivity contribution is 8.63. The molecule has 0 aromatic heterocycles. The Hall–Kier alpha value is 1.00. The minimum absolute atomic E-state index is 1.24. The minimum atomic E-state index is -1.31. The van der Waals surface area contributed by atoms with E-state index in [-0.39, 0.29) is 0 Å². The van der Waals surface area contributed by atoms with Crippen molar-refractivity contribution in [1.29, 1.82) is 0 Å². The molecule has 164 valence electrons. The molecule has 0 atom stereocenters. The molecule has 0 amide bonds. The Kier molecular flexibility index (Phi) is 22.5. The lowest BCUT2D eigenvalue weighted by atomic mass is 10.1. The van der Waals surface area contributed by atoms with Crippen LogP contribution >= 0.6 is 17.5 Å². The van der Waals surface area contributed by atoms with Gasteiger partial charge < -0.3 is 0 Å². The molecule has 0 N–H and O–H groups in total. The minimum Gasteiger partial charge on any atom is -0.141 e. The lowest BCUT2D eigenvalue weighted by Gasteiger charge is -2.15. The zero-order chi connectivity index (χ0) is 20.1. The van der Waals surface area contributed by atoms with Crippen LogP contribution in [0.5, 0.6) is 0 Å². The van der Waals surface area contributed by atoms with Crippen LogP contribution in [0.4, 0.5) is 0 Å². The smallest absolute Gasteiger partial charge is 0.00343 e. The van der Waals surface area contributed by atoms with Gasteiger partial charge in [0.05, 0.1) is 0 Å². The Balaban J connectivity index is 3.32. The first-order chi connectivity index (χ1) is 13.1. The Morgan fingerprint density at radius 1 is 0.444 bits per heavy atom. The third-order valence-corrected chi connectivity index (χ3v) is 10.0. The van der Waals surface area contributed by atoms with Crippen molar-refractivity contribution in [3.8, 4) is 0 Å². The van der Waals surface area contributed by atoms with Crippen molar-refractivity contribution in [2.45, 2.75) is 142 Å². The second kappa shape index (κ2) is 21.7. The lowest BCUT2D eigenvalue weighted by Crippen LogP contribution is -1.92. The molecule has 0 radical (unpaired) electrons. The molecule has 0 aromatic carbocycles. The molecule has 0 saturated carbocycles. The van der Waals surface area contributed by atoms with E-state index in [9.17, 15) is 0 Å². The fourth-order valence-corrected chi connectivity index (χ4v) is 7.09. The first-order valence-electron chi connectivity index (χ1n) is 12.4. The van der Waals surface area contributed by atoms with E-state index < -0.39 is 5.24 Å². The average molecular weight is 435 g/mol. The summed E-state index contributed by atoms with van der Waals surface area (Å²) >= 11 is 10.7. The summed E-state index contributed by atoms with van der Waals surface area (Å²) in [5, 5.41) is -1.31. The van der Waals surface area contributed by atoms with Crippen LogP contribution in [-0.4, -0.2) is 12.3 Å². The topological polar surface area (TPSA) is 0 Å². The van der Waals surface area contributed by atoms with Crippen LogP contribution in [0.2, 0.25) is 0 Å². The summed E-state index contributed by atoms with van der Waals surface area (Å²) < 4.78 is 0. The maximum atomic E-state index is 5.84. The monoisotopic (exact) mass is 434 g/mol. The first-order valence-corrected chi connectivity index (χ1v) is 16.8. The fraction of sp³-hybridized carbons (Fsp3) is 1.00. The molecule has 0 fully saturated rings. The molecule has 0 rings (SSSR count). The summed E-state index contributed by atoms with van der Waals surface area (Å²) in [5.41, 5.74) is 0. The molecule has 3 heteroatoms. The predicted octanol–water partition coefficient (Wildman–Crippen LogP) is 10.2. The van der Waals surface area contributed by atoms with Gasteiger partial charge in [0.25, 0.3) is 0 Å². The van der Waals surface area contributed by atoms with E-state index in [1.165, 1.54) is 141 Å². The van der Waals surface area contributed by atoms with E-state index in [4.69, 9.17) is 24.1 Å². The van der Waals surface area contributed by atoms with Crippen molar-refractivity contribution in [2.75, 3.05) is 12.3 Å². The van der Waals surface area contributed by atoms with E-state index in [0.717, 1.165) is 0 Å². The van der Waals surface area contributed by atoms with Crippen LogP contribution in [0.15, 0.2) is 0 Å². The van der Waals surface area contributed by atoms with Crippen LogP contribution in [0.1, 0.15) is 142 Å². The van der Waals surface area contributed by atoms with E-state index in [1.54, 1.807) is 0 Å². The summed E-state index contributed by atoms with van der Waals surface area (Å²) in [4.78, 5) is 0. The van der Waals surface area contributed by atoms with Crippen molar-refractivity contribution in [3.63, 3.8) is 0 Å². The van der Waals surface area contributed by atoms with E-state index in [2.05, 4.69) is 13.8 Å². The highest BCUT2D eigenvalue weighted by atomic mass is 32.9. The normalized spacial score (nSPS) is 12.0. The van der Waals surface area contributed by atoms with Gasteiger partial charge in [-0.1, -0.05) is 141 Å². The first kappa shape index (κ1) is 28.0. The molecule has 0 aliphatic heterocycles. The molecule has 0 aliphatic rings. The van der Waals surface area contributed by atoms with Gasteiger partial charge in [0, 0.05) is 5.24 Å². The number of unbranched alkanes of at least 4 members (excludes halogenated alkanes) is 18. The van der Waals surface area contributed by atoms with Gasteiger partial charge in [0.1, 0.15) is 0 Å². The van der Waals surface area contributed by atoms with Crippen molar-refractivity contribution in [2.24, 2.45) is 0 Å². The summed E-state index contributed by atoms with van der Waals surface area (Å²) in [5.74, 6) is 0. The second-order valence-corrected chi connectivity index (χ2v) is 16.5. The van der Waals surface area contributed by atoms with Crippen LogP contribution in [0.3, 0.4) is 0 Å². The molecule has 27 heavy (non-hydrogen) atoms. The van der Waals surface area contributed by atoms with Crippen molar-refractivity contribution in [1.82, 2.24) is 0 Å². The molecule has 0 spiro atoms. The van der Waals surface area contributed by atoms with Crippen LogP contribution in [-0.2, 0) is 11.8 Å². The third-order valence-electron chi connectivity index (χ3n) is 5.72. The van der Waals surface area contributed by atoms with Gasteiger partial charge in [-0.3, -0.25) is 0 Å². The van der Waals surface area contributed by atoms with Crippen molar-refractivity contribution >= 4 is 29.3 Å². The largest absolute Gasteiger partial charge is 0.141 e. The summed E-state index contributed by atoms with van der Waals surface area (Å²) in [6.07, 6.45) is 30.7. The number of hydrogen-bond acceptors (Lipinski definition) is 1. The second-order valence-electron chi connectivity index (χ2n) is 8.66. The summed E-state index contributed by atoms with van der Waals surface area (Å²) in [6.45, 7) is 4.58. The van der Waals surface area contributed by atoms with Gasteiger partial charge in [-0.05, 0) is 25.2 Å². The Morgan fingerprint density at radius 2 is 0.667 bits per heavy atom. The Morgan fingerprint density at radius 3 is 0.926 bits per heavy atom. The highest BCUT2D eigenvalue weighted by Crippen LogP contribution is 2.52. The standard InChI is InChI=1S/C24H51PS2/c1-3-5-7-9-11-13-15-17-19-21-23-25(26,27)24-22-20-18-16-14-12-10-8-6-4-2/h3-24H2,1-2H3,(H,26,27). The van der Waals surface area contributed by atoms with Gasteiger partial charge in [-0.25, -0.2) is 0 Å². The van der Waals surface area contributed by atoms with Gasteiger partial charge >= 0.3 is 0 Å². The maximum absolute atomic E-state index is 5.84. The molecule has 0 aliphatic carbocycles. The maximum Gasteiger partial charge on any atom is 0.00343 e. The van der Waals surface area contributed by atoms with Gasteiger partial charge in [-0.15, -0.1) is 12.2 Å². The van der Waals surface area contributed by atoms with Crippen LogP contribution < -0.4 is 0 Å². The van der Waals surface area contributed by atoms with Crippen LogP contribution in [0, 0.1) is 0 Å². The van der Waals surface area contributed by atoms with Crippen molar-refractivity contribution < 1.29 is 0 Å². The number of thiol groups is 1. The van der Waals surface area contributed by atoms with Crippen molar-refractivity contribution in [3.05, 3.63) is 0 Å². The molecular formula is C24H51PS2. The lowest BCUT2D eigenvalue weighted by molar-refractivity contribution is 0.561. The summed E-state index contributed by atoms with van der Waals surface area (Å²) in [6, 6.07) is 0. The average Bonchev–Trinajstić information content (AvgIpc) is 2.64. The highest BCUT2D eigenvalue weighted by Gasteiger charge is 2.10. The summed E-state index contributed by atoms with van der Waals surface area (Å²) in [7, 11) is 0. The Bertz CT molecular complexity index is 302. The van der Waals surface area contributed by atoms with Gasteiger partial charge in [0.2, 0.25) is 0 Å². The zero-order valence-electron chi connectivity index (χ0n) is 18.9. The van der Waals surface area contributed by atoms with Gasteiger partial charge in [0.15, 0.2) is 0 Å². The Labute approximate surface area is 183 Å². The zero-order valence-corrected chi connectivity index (χ0v) is 21.5. The van der Waals surface area contributed by atoms with Crippen LogP contribution in [0.25, 0.3) is 0 Å². The van der Waals surface area contributed by atoms with Gasteiger partial charge in [-0.2, -0.15) is 0 Å². The van der Waals surface area contributed by atoms with E-state index >= 15 is 0 Å².